The third kappa shape index (κ3) is 0.906. The average Bonchev–Trinajstić information content (AvgIpc) is 2.49. The number of aromatic nitrogens is 3. The van der Waals surface area contributed by atoms with Gasteiger partial charge in [-0.25, -0.2) is 9.50 Å². The standard InChI is InChI=1S/C9H9N3/c1-3-8-5-12-9(4-7(8)2)10-6-11-12/h3-6H,1H2,2H3. The molecule has 0 atom stereocenters. The van der Waals surface area contributed by atoms with Crippen LogP contribution in [0.1, 0.15) is 11.1 Å². The van der Waals surface area contributed by atoms with Crippen LogP contribution in [0.3, 0.4) is 0 Å². The van der Waals surface area contributed by atoms with Gasteiger partial charge in [-0.2, -0.15) is 5.10 Å². The van der Waals surface area contributed by atoms with E-state index < -0.39 is 0 Å². The van der Waals surface area contributed by atoms with Crippen LogP contribution in [0, 0.1) is 6.92 Å². The summed E-state index contributed by atoms with van der Waals surface area (Å²) in [6.45, 7) is 5.75. The largest absolute Gasteiger partial charge is 0.221 e. The molecule has 0 amide bonds. The van der Waals surface area contributed by atoms with Crippen molar-refractivity contribution in [3.05, 3.63) is 36.3 Å². The Labute approximate surface area is 70.4 Å². The minimum atomic E-state index is 0.873. The van der Waals surface area contributed by atoms with Gasteiger partial charge in [-0.1, -0.05) is 12.7 Å². The first-order valence-electron chi connectivity index (χ1n) is 3.73. The molecular formula is C9H9N3. The van der Waals surface area contributed by atoms with Crippen LogP contribution in [-0.4, -0.2) is 14.6 Å². The highest BCUT2D eigenvalue weighted by Gasteiger charge is 1.98. The Morgan fingerprint density at radius 3 is 3.17 bits per heavy atom. The first-order chi connectivity index (χ1) is 5.81. The predicted molar refractivity (Wildman–Crippen MR) is 47.8 cm³/mol. The molecule has 0 bridgehead atoms. The number of hydrogen-bond acceptors (Lipinski definition) is 2. The van der Waals surface area contributed by atoms with E-state index in [4.69, 9.17) is 0 Å². The molecule has 3 heteroatoms. The molecular weight excluding hydrogens is 150 g/mol. The lowest BCUT2D eigenvalue weighted by molar-refractivity contribution is 0.955. The molecule has 0 radical (unpaired) electrons. The molecule has 2 rings (SSSR count). The summed E-state index contributed by atoms with van der Waals surface area (Å²) in [4.78, 5) is 4.07. The summed E-state index contributed by atoms with van der Waals surface area (Å²) in [7, 11) is 0. The van der Waals surface area contributed by atoms with Crippen molar-refractivity contribution in [1.29, 1.82) is 0 Å². The van der Waals surface area contributed by atoms with Crippen molar-refractivity contribution in [3.8, 4) is 0 Å². The first kappa shape index (κ1) is 7.03. The van der Waals surface area contributed by atoms with E-state index in [0.717, 1.165) is 11.2 Å². The van der Waals surface area contributed by atoms with Crippen molar-refractivity contribution in [3.63, 3.8) is 0 Å². The average molecular weight is 159 g/mol. The van der Waals surface area contributed by atoms with Crippen LogP contribution in [0.4, 0.5) is 0 Å². The van der Waals surface area contributed by atoms with E-state index in [9.17, 15) is 0 Å². The fourth-order valence-corrected chi connectivity index (χ4v) is 1.19. The van der Waals surface area contributed by atoms with Crippen molar-refractivity contribution in [1.82, 2.24) is 14.6 Å². The number of nitrogens with zero attached hydrogens (tertiary/aromatic N) is 3. The van der Waals surface area contributed by atoms with Crippen molar-refractivity contribution >= 4 is 11.7 Å². The number of hydrogen-bond donors (Lipinski definition) is 0. The molecule has 3 nitrogen and oxygen atoms in total. The summed E-state index contributed by atoms with van der Waals surface area (Å²) >= 11 is 0. The fraction of sp³-hybridized carbons (Fsp3) is 0.111. The van der Waals surface area contributed by atoms with Crippen molar-refractivity contribution < 1.29 is 0 Å². The van der Waals surface area contributed by atoms with E-state index in [1.54, 1.807) is 10.8 Å². The SMILES string of the molecule is C=Cc1cn2ncnc2cc1C. The van der Waals surface area contributed by atoms with Crippen molar-refractivity contribution in [2.45, 2.75) is 6.92 Å². The van der Waals surface area contributed by atoms with Gasteiger partial charge in [-0.05, 0) is 24.1 Å². The van der Waals surface area contributed by atoms with Crippen LogP contribution >= 0.6 is 0 Å². The Morgan fingerprint density at radius 1 is 1.58 bits per heavy atom. The van der Waals surface area contributed by atoms with Crippen LogP contribution < -0.4 is 0 Å². The maximum Gasteiger partial charge on any atom is 0.155 e. The molecule has 12 heavy (non-hydrogen) atoms. The minimum Gasteiger partial charge on any atom is -0.221 e. The van der Waals surface area contributed by atoms with Crippen LogP contribution in [-0.2, 0) is 0 Å². The lowest BCUT2D eigenvalue weighted by Crippen LogP contribution is -1.90. The Bertz CT molecular complexity index is 428. The van der Waals surface area contributed by atoms with Gasteiger partial charge in [0.05, 0.1) is 0 Å². The van der Waals surface area contributed by atoms with E-state index in [1.807, 2.05) is 25.3 Å². The normalized spacial score (nSPS) is 10.4. The van der Waals surface area contributed by atoms with Gasteiger partial charge in [-0.3, -0.25) is 0 Å². The molecule has 0 N–H and O–H groups in total. The summed E-state index contributed by atoms with van der Waals surface area (Å²) in [5, 5.41) is 4.03. The second-order valence-corrected chi connectivity index (χ2v) is 2.68. The highest BCUT2D eigenvalue weighted by Crippen LogP contribution is 2.10. The summed E-state index contributed by atoms with van der Waals surface area (Å²) in [6.07, 6.45) is 5.28. The van der Waals surface area contributed by atoms with E-state index in [1.165, 1.54) is 5.56 Å². The van der Waals surface area contributed by atoms with Crippen molar-refractivity contribution in [2.24, 2.45) is 0 Å². The quantitative estimate of drug-likeness (QED) is 0.633. The molecule has 0 aliphatic carbocycles. The second-order valence-electron chi connectivity index (χ2n) is 2.68. The zero-order valence-corrected chi connectivity index (χ0v) is 6.86. The molecule has 2 aromatic heterocycles. The molecule has 2 aromatic rings. The van der Waals surface area contributed by atoms with Gasteiger partial charge in [0.2, 0.25) is 0 Å². The molecule has 0 saturated heterocycles. The van der Waals surface area contributed by atoms with E-state index in [2.05, 4.69) is 16.7 Å². The molecule has 0 spiro atoms. The van der Waals surface area contributed by atoms with Crippen LogP contribution in [0.2, 0.25) is 0 Å². The number of rotatable bonds is 1. The Morgan fingerprint density at radius 2 is 2.42 bits per heavy atom. The smallest absolute Gasteiger partial charge is 0.155 e. The molecule has 0 saturated carbocycles. The minimum absolute atomic E-state index is 0.873. The van der Waals surface area contributed by atoms with E-state index in [-0.39, 0.29) is 0 Å². The fourth-order valence-electron chi connectivity index (χ4n) is 1.19. The Balaban J connectivity index is 2.81. The zero-order chi connectivity index (χ0) is 8.55. The van der Waals surface area contributed by atoms with E-state index in [0.29, 0.717) is 0 Å². The number of aryl methyl sites for hydroxylation is 1. The molecule has 2 heterocycles. The van der Waals surface area contributed by atoms with E-state index >= 15 is 0 Å². The van der Waals surface area contributed by atoms with Crippen LogP contribution in [0.5, 0.6) is 0 Å². The Kier molecular flexibility index (Phi) is 1.43. The van der Waals surface area contributed by atoms with Gasteiger partial charge in [0.25, 0.3) is 0 Å². The monoisotopic (exact) mass is 159 g/mol. The van der Waals surface area contributed by atoms with Gasteiger partial charge < -0.3 is 0 Å². The lowest BCUT2D eigenvalue weighted by atomic mass is 10.1. The van der Waals surface area contributed by atoms with Gasteiger partial charge in [0.1, 0.15) is 6.33 Å². The maximum atomic E-state index is 4.07. The van der Waals surface area contributed by atoms with Gasteiger partial charge >= 0.3 is 0 Å². The predicted octanol–water partition coefficient (Wildman–Crippen LogP) is 1.68. The first-order valence-corrected chi connectivity index (χ1v) is 3.73. The third-order valence-electron chi connectivity index (χ3n) is 1.88. The molecule has 0 aliphatic heterocycles. The molecule has 0 fully saturated rings. The summed E-state index contributed by atoms with van der Waals surface area (Å²) < 4.78 is 1.74. The second kappa shape index (κ2) is 2.44. The highest BCUT2D eigenvalue weighted by atomic mass is 15.3. The van der Waals surface area contributed by atoms with Gasteiger partial charge in [-0.15, -0.1) is 0 Å². The zero-order valence-electron chi connectivity index (χ0n) is 6.86. The van der Waals surface area contributed by atoms with Crippen LogP contribution in [0.25, 0.3) is 11.7 Å². The number of pyridine rings is 1. The summed E-state index contributed by atoms with van der Waals surface area (Å²) in [5.74, 6) is 0. The maximum absolute atomic E-state index is 4.07. The number of fused-ring (bicyclic) bond motifs is 1. The van der Waals surface area contributed by atoms with Crippen LogP contribution in [0.15, 0.2) is 25.2 Å². The lowest BCUT2D eigenvalue weighted by Gasteiger charge is -1.99. The topological polar surface area (TPSA) is 30.2 Å². The highest BCUT2D eigenvalue weighted by molar-refractivity contribution is 5.55. The molecule has 0 aliphatic rings. The molecule has 60 valence electrons. The Hall–Kier alpha value is -1.64. The molecule has 0 unspecified atom stereocenters. The summed E-state index contributed by atoms with van der Waals surface area (Å²) in [6, 6.07) is 1.99. The third-order valence-corrected chi connectivity index (χ3v) is 1.88. The van der Waals surface area contributed by atoms with Gasteiger partial charge in [0.15, 0.2) is 5.65 Å². The van der Waals surface area contributed by atoms with Gasteiger partial charge in [0, 0.05) is 6.20 Å². The van der Waals surface area contributed by atoms with Crippen molar-refractivity contribution in [2.75, 3.05) is 0 Å². The summed E-state index contributed by atoms with van der Waals surface area (Å²) in [5.41, 5.74) is 3.14. The molecule has 0 aromatic carbocycles.